The zero-order valence-electron chi connectivity index (χ0n) is 18.5. The summed E-state index contributed by atoms with van der Waals surface area (Å²) in [6.45, 7) is 3.79. The van der Waals surface area contributed by atoms with E-state index in [1.54, 1.807) is 36.5 Å². The maximum Gasteiger partial charge on any atom is 0.311 e. The van der Waals surface area contributed by atoms with Gasteiger partial charge in [0.05, 0.1) is 29.7 Å². The fourth-order valence-electron chi connectivity index (χ4n) is 4.26. The molecule has 2 saturated heterocycles. The van der Waals surface area contributed by atoms with Crippen molar-refractivity contribution in [2.24, 2.45) is 0 Å². The summed E-state index contributed by atoms with van der Waals surface area (Å²) in [7, 11) is 0. The van der Waals surface area contributed by atoms with Crippen LogP contribution < -0.4 is 19.9 Å². The number of rotatable bonds is 8. The van der Waals surface area contributed by atoms with Crippen LogP contribution in [0.2, 0.25) is 0 Å². The number of piperidine rings is 1. The first-order valence-corrected chi connectivity index (χ1v) is 11.2. The first-order chi connectivity index (χ1) is 16.0. The second kappa shape index (κ2) is 9.95. The number of carbonyl (C=O) groups excluding carboxylic acids is 2. The molecule has 2 amide bonds. The van der Waals surface area contributed by atoms with E-state index in [1.165, 1.54) is 11.0 Å². The highest BCUT2D eigenvalue weighted by Crippen LogP contribution is 2.29. The van der Waals surface area contributed by atoms with Gasteiger partial charge in [0.2, 0.25) is 11.7 Å². The van der Waals surface area contributed by atoms with Gasteiger partial charge in [-0.05, 0) is 49.6 Å². The zero-order chi connectivity index (χ0) is 23.4. The summed E-state index contributed by atoms with van der Waals surface area (Å²) in [6.07, 6.45) is 3.94. The van der Waals surface area contributed by atoms with Gasteiger partial charge < -0.3 is 15.0 Å². The summed E-state index contributed by atoms with van der Waals surface area (Å²) in [4.78, 5) is 43.7. The van der Waals surface area contributed by atoms with E-state index < -0.39 is 11.0 Å². The normalized spacial score (nSPS) is 19.2. The molecule has 1 aromatic heterocycles. The Morgan fingerprint density at radius 2 is 1.91 bits per heavy atom. The molecule has 4 rings (SSSR count). The van der Waals surface area contributed by atoms with Gasteiger partial charge in [-0.3, -0.25) is 19.7 Å². The van der Waals surface area contributed by atoms with Gasteiger partial charge in [0.25, 0.3) is 5.91 Å². The minimum absolute atomic E-state index is 0.0118. The van der Waals surface area contributed by atoms with Crippen molar-refractivity contribution in [1.29, 1.82) is 0 Å². The average Bonchev–Trinajstić information content (AvgIpc) is 3.11. The van der Waals surface area contributed by atoms with Gasteiger partial charge in [0.15, 0.2) is 0 Å². The SMILES string of the molecule is CCCOc1ccc(N2C(=O)CC(NC3CCN(c4ncccc4[N+](=O)[O-])CC3)C2=O)cc1. The first-order valence-electron chi connectivity index (χ1n) is 11.2. The summed E-state index contributed by atoms with van der Waals surface area (Å²) < 4.78 is 5.56. The number of anilines is 2. The average molecular weight is 453 g/mol. The number of benzene rings is 1. The van der Waals surface area contributed by atoms with E-state index in [0.29, 0.717) is 49.8 Å². The maximum absolute atomic E-state index is 13.0. The maximum atomic E-state index is 13.0. The minimum atomic E-state index is -0.575. The number of hydrogen-bond acceptors (Lipinski definition) is 8. The largest absolute Gasteiger partial charge is 0.494 e. The standard InChI is InChI=1S/C23H27N5O5/c1-2-14-33-18-7-5-17(6-8-18)27-21(29)15-19(23(27)30)25-16-9-12-26(13-10-16)22-20(28(31)32)4-3-11-24-22/h3-8,11,16,19,25H,2,9-10,12-15H2,1H3. The van der Waals surface area contributed by atoms with Crippen molar-refractivity contribution < 1.29 is 19.2 Å². The zero-order valence-corrected chi connectivity index (χ0v) is 18.5. The van der Waals surface area contributed by atoms with Gasteiger partial charge in [-0.1, -0.05) is 6.92 Å². The smallest absolute Gasteiger partial charge is 0.311 e. The lowest BCUT2D eigenvalue weighted by molar-refractivity contribution is -0.384. The van der Waals surface area contributed by atoms with Crippen molar-refractivity contribution in [2.45, 2.75) is 44.7 Å². The van der Waals surface area contributed by atoms with Crippen LogP contribution in [0.1, 0.15) is 32.6 Å². The molecule has 2 aliphatic rings. The van der Waals surface area contributed by atoms with Crippen molar-refractivity contribution in [3.63, 3.8) is 0 Å². The van der Waals surface area contributed by atoms with Crippen LogP contribution >= 0.6 is 0 Å². The van der Waals surface area contributed by atoms with Gasteiger partial charge in [-0.25, -0.2) is 9.88 Å². The second-order valence-corrected chi connectivity index (χ2v) is 8.20. The number of carbonyl (C=O) groups is 2. The number of pyridine rings is 1. The molecule has 174 valence electrons. The Morgan fingerprint density at radius 3 is 2.58 bits per heavy atom. The highest BCUT2D eigenvalue weighted by Gasteiger charge is 2.40. The molecule has 10 nitrogen and oxygen atoms in total. The molecule has 0 spiro atoms. The predicted octanol–water partition coefficient (Wildman–Crippen LogP) is 2.67. The Hall–Kier alpha value is -3.53. The van der Waals surface area contributed by atoms with Crippen molar-refractivity contribution >= 4 is 29.0 Å². The highest BCUT2D eigenvalue weighted by molar-refractivity contribution is 6.22. The van der Waals surface area contributed by atoms with Crippen LogP contribution in [0.3, 0.4) is 0 Å². The van der Waals surface area contributed by atoms with E-state index in [0.717, 1.165) is 6.42 Å². The molecule has 0 radical (unpaired) electrons. The number of amides is 2. The molecule has 3 heterocycles. The molecule has 0 aliphatic carbocycles. The van der Waals surface area contributed by atoms with Gasteiger partial charge in [-0.2, -0.15) is 0 Å². The van der Waals surface area contributed by atoms with E-state index in [-0.39, 0.29) is 30.0 Å². The Bertz CT molecular complexity index is 1020. The number of aromatic nitrogens is 1. The van der Waals surface area contributed by atoms with Gasteiger partial charge >= 0.3 is 5.69 Å². The molecule has 2 aliphatic heterocycles. The number of nitrogens with one attached hydrogen (secondary N) is 1. The molecular formula is C23H27N5O5. The molecule has 33 heavy (non-hydrogen) atoms. The molecule has 1 N–H and O–H groups in total. The van der Waals surface area contributed by atoms with E-state index in [4.69, 9.17) is 4.74 Å². The van der Waals surface area contributed by atoms with E-state index in [2.05, 4.69) is 10.3 Å². The molecule has 1 unspecified atom stereocenters. The lowest BCUT2D eigenvalue weighted by Crippen LogP contribution is -2.49. The third-order valence-corrected chi connectivity index (χ3v) is 5.91. The van der Waals surface area contributed by atoms with Crippen molar-refractivity contribution in [1.82, 2.24) is 10.3 Å². The third-order valence-electron chi connectivity index (χ3n) is 5.91. The van der Waals surface area contributed by atoms with E-state index in [1.807, 2.05) is 11.8 Å². The molecule has 10 heteroatoms. The first kappa shape index (κ1) is 22.7. The minimum Gasteiger partial charge on any atom is -0.494 e. The van der Waals surface area contributed by atoms with Crippen LogP contribution in [-0.2, 0) is 9.59 Å². The van der Waals surface area contributed by atoms with Crippen LogP contribution in [0.15, 0.2) is 42.6 Å². The molecule has 1 atom stereocenters. The Labute approximate surface area is 191 Å². The van der Waals surface area contributed by atoms with Crippen molar-refractivity contribution in [2.75, 3.05) is 29.5 Å². The van der Waals surface area contributed by atoms with Crippen LogP contribution in [0.25, 0.3) is 0 Å². The molecule has 0 bridgehead atoms. The van der Waals surface area contributed by atoms with Crippen LogP contribution in [0.4, 0.5) is 17.2 Å². The molecule has 2 aromatic rings. The summed E-state index contributed by atoms with van der Waals surface area (Å²) in [6, 6.07) is 9.44. The van der Waals surface area contributed by atoms with Gasteiger partial charge in [0.1, 0.15) is 5.75 Å². The second-order valence-electron chi connectivity index (χ2n) is 8.20. The fraction of sp³-hybridized carbons (Fsp3) is 0.435. The van der Waals surface area contributed by atoms with Crippen molar-refractivity contribution in [3.05, 3.63) is 52.7 Å². The Kier molecular flexibility index (Phi) is 6.83. The van der Waals surface area contributed by atoms with Gasteiger partial charge in [-0.15, -0.1) is 0 Å². The molecule has 0 saturated carbocycles. The number of nitrogens with zero attached hydrogens (tertiary/aromatic N) is 4. The molecular weight excluding hydrogens is 426 g/mol. The van der Waals surface area contributed by atoms with E-state index >= 15 is 0 Å². The summed E-state index contributed by atoms with van der Waals surface area (Å²) in [5.74, 6) is 0.575. The topological polar surface area (TPSA) is 118 Å². The summed E-state index contributed by atoms with van der Waals surface area (Å²) in [5, 5.41) is 14.6. The number of nitro groups is 1. The molecule has 2 fully saturated rings. The fourth-order valence-corrected chi connectivity index (χ4v) is 4.26. The molecule has 1 aromatic carbocycles. The quantitative estimate of drug-likeness (QED) is 0.368. The predicted molar refractivity (Wildman–Crippen MR) is 122 cm³/mol. The van der Waals surface area contributed by atoms with Gasteiger partial charge in [0, 0.05) is 31.4 Å². The number of imide groups is 1. The van der Waals surface area contributed by atoms with Crippen LogP contribution in [-0.4, -0.2) is 53.5 Å². The Morgan fingerprint density at radius 1 is 1.18 bits per heavy atom. The number of ether oxygens (including phenoxy) is 1. The van der Waals surface area contributed by atoms with E-state index in [9.17, 15) is 19.7 Å². The lowest BCUT2D eigenvalue weighted by Gasteiger charge is -2.33. The van der Waals surface area contributed by atoms with Crippen LogP contribution in [0.5, 0.6) is 5.75 Å². The van der Waals surface area contributed by atoms with Crippen molar-refractivity contribution in [3.8, 4) is 5.75 Å². The highest BCUT2D eigenvalue weighted by atomic mass is 16.6. The summed E-state index contributed by atoms with van der Waals surface area (Å²) >= 11 is 0. The van der Waals surface area contributed by atoms with Crippen LogP contribution in [0, 0.1) is 10.1 Å². The monoisotopic (exact) mass is 453 g/mol. The summed E-state index contributed by atoms with van der Waals surface area (Å²) in [5.41, 5.74) is 0.526. The lowest BCUT2D eigenvalue weighted by atomic mass is 10.0. The third kappa shape index (κ3) is 4.95. The Balaban J connectivity index is 1.35. The number of hydrogen-bond donors (Lipinski definition) is 1.